The first-order chi connectivity index (χ1) is 7.88. The van der Waals surface area contributed by atoms with Gasteiger partial charge in [0.05, 0.1) is 0 Å². The van der Waals surface area contributed by atoms with Crippen LogP contribution in [0.2, 0.25) is 0 Å². The van der Waals surface area contributed by atoms with E-state index in [1.165, 1.54) is 0 Å². The van der Waals surface area contributed by atoms with Gasteiger partial charge in [0.15, 0.2) is 0 Å². The van der Waals surface area contributed by atoms with Crippen LogP contribution >= 0.6 is 0 Å². The monoisotopic (exact) mass is 238 g/mol. The summed E-state index contributed by atoms with van der Waals surface area (Å²) in [7, 11) is 0. The summed E-state index contributed by atoms with van der Waals surface area (Å²) < 4.78 is 0. The van der Waals surface area contributed by atoms with E-state index in [0.717, 1.165) is 19.3 Å². The fraction of sp³-hybridized carbons (Fsp3) is 0.846. The van der Waals surface area contributed by atoms with Crippen LogP contribution in [0.5, 0.6) is 0 Å². The molecule has 2 amide bonds. The lowest BCUT2D eigenvalue weighted by Gasteiger charge is -2.38. The Hall–Kier alpha value is -1.06. The predicted molar refractivity (Wildman–Crippen MR) is 65.3 cm³/mol. The molecule has 2 fully saturated rings. The molecule has 2 rings (SSSR count). The van der Waals surface area contributed by atoms with Crippen LogP contribution in [-0.2, 0) is 9.59 Å². The second-order valence-corrected chi connectivity index (χ2v) is 5.98. The van der Waals surface area contributed by atoms with Crippen molar-refractivity contribution in [1.29, 1.82) is 0 Å². The molecule has 1 saturated heterocycles. The Balaban J connectivity index is 2.17. The molecule has 1 heterocycles. The Morgan fingerprint density at radius 3 is 2.47 bits per heavy atom. The van der Waals surface area contributed by atoms with Crippen molar-refractivity contribution < 1.29 is 9.59 Å². The lowest BCUT2D eigenvalue weighted by molar-refractivity contribution is -0.150. The molecule has 0 radical (unpaired) electrons. The van der Waals surface area contributed by atoms with Crippen molar-refractivity contribution in [2.24, 2.45) is 5.41 Å². The van der Waals surface area contributed by atoms with Crippen LogP contribution < -0.4 is 5.32 Å². The first-order valence-corrected chi connectivity index (χ1v) is 6.51. The molecule has 3 atom stereocenters. The van der Waals surface area contributed by atoms with Crippen molar-refractivity contribution in [2.75, 3.05) is 0 Å². The van der Waals surface area contributed by atoms with E-state index in [2.05, 4.69) is 19.2 Å². The van der Waals surface area contributed by atoms with E-state index in [-0.39, 0.29) is 35.4 Å². The summed E-state index contributed by atoms with van der Waals surface area (Å²) in [6.07, 6.45) is 2.66. The summed E-state index contributed by atoms with van der Waals surface area (Å²) in [5, 5.41) is 2.83. The van der Waals surface area contributed by atoms with Gasteiger partial charge in [-0.25, -0.2) is 0 Å². The number of amides is 2. The molecule has 1 N–H and O–H groups in total. The maximum absolute atomic E-state index is 12.4. The average molecular weight is 238 g/mol. The van der Waals surface area contributed by atoms with Gasteiger partial charge in [0.1, 0.15) is 12.1 Å². The fourth-order valence-electron chi connectivity index (χ4n) is 2.67. The van der Waals surface area contributed by atoms with Crippen LogP contribution in [0.15, 0.2) is 0 Å². The van der Waals surface area contributed by atoms with E-state index in [1.54, 1.807) is 0 Å². The van der Waals surface area contributed by atoms with Crippen LogP contribution in [0.4, 0.5) is 0 Å². The lowest BCUT2D eigenvalue weighted by Crippen LogP contribution is -2.63. The first-order valence-electron chi connectivity index (χ1n) is 6.51. The summed E-state index contributed by atoms with van der Waals surface area (Å²) in [5.41, 5.74) is 0.179. The topological polar surface area (TPSA) is 49.4 Å². The van der Waals surface area contributed by atoms with Gasteiger partial charge in [0, 0.05) is 6.04 Å². The summed E-state index contributed by atoms with van der Waals surface area (Å²) in [5.74, 6) is 0.0975. The molecule has 0 aromatic heterocycles. The number of hydrogen-bond acceptors (Lipinski definition) is 2. The zero-order chi connectivity index (χ0) is 12.8. The minimum absolute atomic E-state index is 0.00856. The summed E-state index contributed by atoms with van der Waals surface area (Å²) >= 11 is 0. The summed E-state index contributed by atoms with van der Waals surface area (Å²) in [4.78, 5) is 26.0. The lowest BCUT2D eigenvalue weighted by atomic mass is 10.0. The molecule has 0 bridgehead atoms. The Morgan fingerprint density at radius 2 is 2.00 bits per heavy atom. The average Bonchev–Trinajstić information content (AvgIpc) is 2.85. The van der Waals surface area contributed by atoms with Crippen molar-refractivity contribution in [3.63, 3.8) is 0 Å². The molecule has 1 aliphatic heterocycles. The maximum Gasteiger partial charge on any atom is 0.246 e. The molecule has 1 saturated carbocycles. The number of rotatable bonds is 3. The van der Waals surface area contributed by atoms with E-state index in [0.29, 0.717) is 0 Å². The van der Waals surface area contributed by atoms with Crippen molar-refractivity contribution >= 4 is 11.8 Å². The van der Waals surface area contributed by atoms with Gasteiger partial charge in [-0.05, 0) is 25.2 Å². The molecule has 0 spiro atoms. The van der Waals surface area contributed by atoms with Crippen LogP contribution in [0.1, 0.15) is 47.0 Å². The number of carbonyl (C=O) groups excluding carboxylic acids is 2. The summed E-state index contributed by atoms with van der Waals surface area (Å²) in [6, 6.07) is -0.377. The normalized spacial score (nSPS) is 35.8. The maximum atomic E-state index is 12.4. The standard InChI is InChI=1S/C13H22N2O2/c1-5-6-9-12(17)15(8(2)11(16)14-9)10-7-13(10,3)4/h8-10H,5-7H2,1-4H3,(H,14,16). The molecule has 1 aliphatic carbocycles. The number of piperazine rings is 1. The van der Waals surface area contributed by atoms with E-state index < -0.39 is 0 Å². The van der Waals surface area contributed by atoms with Crippen LogP contribution in [-0.4, -0.2) is 34.8 Å². The SMILES string of the molecule is CCCC1NC(=O)C(C)N(C2CC2(C)C)C1=O. The minimum atomic E-state index is -0.317. The highest BCUT2D eigenvalue weighted by atomic mass is 16.2. The Kier molecular flexibility index (Phi) is 2.92. The Morgan fingerprint density at radius 1 is 1.41 bits per heavy atom. The van der Waals surface area contributed by atoms with E-state index in [1.807, 2.05) is 18.7 Å². The van der Waals surface area contributed by atoms with Gasteiger partial charge in [-0.3, -0.25) is 9.59 Å². The van der Waals surface area contributed by atoms with Crippen LogP contribution in [0.3, 0.4) is 0 Å². The fourth-order valence-corrected chi connectivity index (χ4v) is 2.67. The van der Waals surface area contributed by atoms with Crippen molar-refractivity contribution in [2.45, 2.75) is 65.1 Å². The van der Waals surface area contributed by atoms with Crippen molar-refractivity contribution in [1.82, 2.24) is 10.2 Å². The zero-order valence-electron chi connectivity index (χ0n) is 11.1. The van der Waals surface area contributed by atoms with Gasteiger partial charge in [-0.2, -0.15) is 0 Å². The van der Waals surface area contributed by atoms with E-state index >= 15 is 0 Å². The van der Waals surface area contributed by atoms with Gasteiger partial charge in [-0.15, -0.1) is 0 Å². The first kappa shape index (κ1) is 12.4. The quantitative estimate of drug-likeness (QED) is 0.805. The highest BCUT2D eigenvalue weighted by Crippen LogP contribution is 2.49. The van der Waals surface area contributed by atoms with Gasteiger partial charge >= 0.3 is 0 Å². The molecule has 0 aromatic carbocycles. The Labute approximate surface area is 103 Å². The number of nitrogens with one attached hydrogen (secondary N) is 1. The number of nitrogens with zero attached hydrogens (tertiary/aromatic N) is 1. The van der Waals surface area contributed by atoms with Gasteiger partial charge in [0.2, 0.25) is 11.8 Å². The molecule has 3 unspecified atom stereocenters. The van der Waals surface area contributed by atoms with Gasteiger partial charge < -0.3 is 10.2 Å². The van der Waals surface area contributed by atoms with Gasteiger partial charge in [-0.1, -0.05) is 27.2 Å². The van der Waals surface area contributed by atoms with Crippen LogP contribution in [0.25, 0.3) is 0 Å². The van der Waals surface area contributed by atoms with Crippen molar-refractivity contribution in [3.05, 3.63) is 0 Å². The zero-order valence-corrected chi connectivity index (χ0v) is 11.1. The Bertz CT molecular complexity index is 351. The minimum Gasteiger partial charge on any atom is -0.343 e. The third kappa shape index (κ3) is 2.05. The molecule has 0 aromatic rings. The number of carbonyl (C=O) groups is 2. The van der Waals surface area contributed by atoms with E-state index in [4.69, 9.17) is 0 Å². The van der Waals surface area contributed by atoms with Crippen molar-refractivity contribution in [3.8, 4) is 0 Å². The second-order valence-electron chi connectivity index (χ2n) is 5.98. The highest BCUT2D eigenvalue weighted by Gasteiger charge is 2.55. The molecule has 2 aliphatic rings. The molecular formula is C13H22N2O2. The van der Waals surface area contributed by atoms with Gasteiger partial charge in [0.25, 0.3) is 0 Å². The number of hydrogen-bond donors (Lipinski definition) is 1. The third-order valence-electron chi connectivity index (χ3n) is 4.04. The molecule has 4 heteroatoms. The largest absolute Gasteiger partial charge is 0.343 e. The molecule has 4 nitrogen and oxygen atoms in total. The molecular weight excluding hydrogens is 216 g/mol. The molecule has 17 heavy (non-hydrogen) atoms. The summed E-state index contributed by atoms with van der Waals surface area (Å²) in [6.45, 7) is 8.16. The predicted octanol–water partition coefficient (Wildman–Crippen LogP) is 1.30. The third-order valence-corrected chi connectivity index (χ3v) is 4.04. The smallest absolute Gasteiger partial charge is 0.246 e. The van der Waals surface area contributed by atoms with Crippen LogP contribution in [0, 0.1) is 5.41 Å². The molecule has 96 valence electrons. The van der Waals surface area contributed by atoms with E-state index in [9.17, 15) is 9.59 Å². The highest BCUT2D eigenvalue weighted by molar-refractivity contribution is 5.97. The second kappa shape index (κ2) is 4.00.